The standard InChI is InChI=1S/C14H23N3O2/c1-4-11-8-17(5-6-19-11)13-7-15-14(10(2)3)16-12(13)9-18/h7,10-11,18H,4-6,8-9H2,1-3H3. The molecule has 1 aliphatic rings. The first-order chi connectivity index (χ1) is 9.15. The molecule has 1 N–H and O–H groups in total. The van der Waals surface area contributed by atoms with E-state index in [0.717, 1.165) is 43.3 Å². The Kier molecular flexibility index (Phi) is 4.71. The van der Waals surface area contributed by atoms with Crippen molar-refractivity contribution in [3.8, 4) is 0 Å². The van der Waals surface area contributed by atoms with Gasteiger partial charge >= 0.3 is 0 Å². The lowest BCUT2D eigenvalue weighted by Gasteiger charge is -2.34. The fourth-order valence-electron chi connectivity index (χ4n) is 2.27. The third-order valence-electron chi connectivity index (χ3n) is 3.47. The van der Waals surface area contributed by atoms with Gasteiger partial charge in [0.15, 0.2) is 0 Å². The Hall–Kier alpha value is -1.20. The Bertz CT molecular complexity index is 423. The van der Waals surface area contributed by atoms with Crippen LogP contribution in [0.1, 0.15) is 44.6 Å². The monoisotopic (exact) mass is 265 g/mol. The lowest BCUT2D eigenvalue weighted by atomic mass is 10.1. The molecular weight excluding hydrogens is 242 g/mol. The van der Waals surface area contributed by atoms with Crippen molar-refractivity contribution < 1.29 is 9.84 Å². The number of morpholine rings is 1. The summed E-state index contributed by atoms with van der Waals surface area (Å²) < 4.78 is 5.67. The Morgan fingerprint density at radius 1 is 1.53 bits per heavy atom. The zero-order chi connectivity index (χ0) is 13.8. The summed E-state index contributed by atoms with van der Waals surface area (Å²) in [6.07, 6.45) is 3.09. The highest BCUT2D eigenvalue weighted by Crippen LogP contribution is 2.23. The Labute approximate surface area is 114 Å². The van der Waals surface area contributed by atoms with E-state index in [2.05, 4.69) is 35.6 Å². The molecule has 5 heteroatoms. The maximum absolute atomic E-state index is 9.53. The fraction of sp³-hybridized carbons (Fsp3) is 0.714. The van der Waals surface area contributed by atoms with E-state index in [-0.39, 0.29) is 18.6 Å². The molecule has 1 aliphatic heterocycles. The van der Waals surface area contributed by atoms with Crippen molar-refractivity contribution in [3.63, 3.8) is 0 Å². The molecule has 2 heterocycles. The summed E-state index contributed by atoms with van der Waals surface area (Å²) in [4.78, 5) is 11.1. The van der Waals surface area contributed by atoms with Crippen LogP contribution in [-0.4, -0.2) is 40.9 Å². The van der Waals surface area contributed by atoms with Crippen molar-refractivity contribution >= 4 is 5.69 Å². The van der Waals surface area contributed by atoms with Crippen LogP contribution in [0.5, 0.6) is 0 Å². The lowest BCUT2D eigenvalue weighted by Crippen LogP contribution is -2.42. The molecule has 1 aromatic rings. The zero-order valence-corrected chi connectivity index (χ0v) is 12.0. The van der Waals surface area contributed by atoms with E-state index in [1.807, 2.05) is 6.20 Å². The third kappa shape index (κ3) is 3.22. The summed E-state index contributed by atoms with van der Waals surface area (Å²) in [7, 11) is 0. The second-order valence-electron chi connectivity index (χ2n) is 5.22. The van der Waals surface area contributed by atoms with Crippen molar-refractivity contribution in [2.45, 2.75) is 45.8 Å². The van der Waals surface area contributed by atoms with E-state index in [4.69, 9.17) is 4.74 Å². The minimum Gasteiger partial charge on any atom is -0.390 e. The molecule has 0 aliphatic carbocycles. The van der Waals surface area contributed by atoms with Crippen LogP contribution in [0.2, 0.25) is 0 Å². The van der Waals surface area contributed by atoms with E-state index < -0.39 is 0 Å². The average Bonchev–Trinajstić information content (AvgIpc) is 2.46. The van der Waals surface area contributed by atoms with Crippen molar-refractivity contribution in [2.24, 2.45) is 0 Å². The lowest BCUT2D eigenvalue weighted by molar-refractivity contribution is 0.0382. The van der Waals surface area contributed by atoms with Crippen LogP contribution >= 0.6 is 0 Å². The molecule has 1 saturated heterocycles. The first kappa shape index (κ1) is 14.2. The van der Waals surface area contributed by atoms with E-state index in [1.165, 1.54) is 0 Å². The van der Waals surface area contributed by atoms with Crippen LogP contribution in [-0.2, 0) is 11.3 Å². The first-order valence-corrected chi connectivity index (χ1v) is 6.98. The minimum atomic E-state index is -0.0499. The highest BCUT2D eigenvalue weighted by molar-refractivity contribution is 5.49. The third-order valence-corrected chi connectivity index (χ3v) is 3.47. The van der Waals surface area contributed by atoms with Gasteiger partial charge in [-0.1, -0.05) is 20.8 Å². The maximum atomic E-state index is 9.53. The summed E-state index contributed by atoms with van der Waals surface area (Å²) in [6.45, 7) is 8.57. The maximum Gasteiger partial charge on any atom is 0.131 e. The molecule has 0 saturated carbocycles. The largest absolute Gasteiger partial charge is 0.390 e. The second kappa shape index (κ2) is 6.30. The van der Waals surface area contributed by atoms with Gasteiger partial charge in [0.1, 0.15) is 5.82 Å². The Morgan fingerprint density at radius 2 is 2.32 bits per heavy atom. The molecule has 0 amide bonds. The van der Waals surface area contributed by atoms with Gasteiger partial charge in [0, 0.05) is 19.0 Å². The molecule has 1 aromatic heterocycles. The summed E-state index contributed by atoms with van der Waals surface area (Å²) in [5.41, 5.74) is 1.66. The van der Waals surface area contributed by atoms with Crippen LogP contribution in [0, 0.1) is 0 Å². The molecule has 1 fully saturated rings. The number of aromatic nitrogens is 2. The molecule has 1 atom stereocenters. The highest BCUT2D eigenvalue weighted by atomic mass is 16.5. The smallest absolute Gasteiger partial charge is 0.131 e. The van der Waals surface area contributed by atoms with E-state index in [9.17, 15) is 5.11 Å². The van der Waals surface area contributed by atoms with Crippen molar-refractivity contribution in [1.82, 2.24) is 9.97 Å². The molecule has 0 bridgehead atoms. The molecule has 1 unspecified atom stereocenters. The first-order valence-electron chi connectivity index (χ1n) is 6.98. The molecule has 0 radical (unpaired) electrons. The molecular formula is C14H23N3O2. The van der Waals surface area contributed by atoms with Gasteiger partial charge < -0.3 is 14.7 Å². The van der Waals surface area contributed by atoms with E-state index in [0.29, 0.717) is 0 Å². The quantitative estimate of drug-likeness (QED) is 0.898. The van der Waals surface area contributed by atoms with Gasteiger partial charge in [0.25, 0.3) is 0 Å². The van der Waals surface area contributed by atoms with E-state index >= 15 is 0 Å². The minimum absolute atomic E-state index is 0.0499. The summed E-state index contributed by atoms with van der Waals surface area (Å²) >= 11 is 0. The number of hydrogen-bond donors (Lipinski definition) is 1. The molecule has 0 spiro atoms. The number of rotatable bonds is 4. The van der Waals surface area contributed by atoms with Gasteiger partial charge in [-0.15, -0.1) is 0 Å². The van der Waals surface area contributed by atoms with Gasteiger partial charge in [-0.2, -0.15) is 0 Å². The number of ether oxygens (including phenoxy) is 1. The van der Waals surface area contributed by atoms with Crippen LogP contribution in [0.15, 0.2) is 6.20 Å². The number of aliphatic hydroxyl groups is 1. The Balaban J connectivity index is 2.23. The highest BCUT2D eigenvalue weighted by Gasteiger charge is 2.22. The summed E-state index contributed by atoms with van der Waals surface area (Å²) in [5, 5.41) is 9.53. The number of anilines is 1. The summed E-state index contributed by atoms with van der Waals surface area (Å²) in [5.74, 6) is 1.06. The number of aliphatic hydroxyl groups excluding tert-OH is 1. The number of hydrogen-bond acceptors (Lipinski definition) is 5. The average molecular weight is 265 g/mol. The zero-order valence-electron chi connectivity index (χ0n) is 12.0. The van der Waals surface area contributed by atoms with Crippen LogP contribution in [0.4, 0.5) is 5.69 Å². The predicted octanol–water partition coefficient (Wildman–Crippen LogP) is 1.71. The second-order valence-corrected chi connectivity index (χ2v) is 5.22. The SMILES string of the molecule is CCC1CN(c2cnc(C(C)C)nc2CO)CCO1. The van der Waals surface area contributed by atoms with Gasteiger partial charge in [-0.05, 0) is 6.42 Å². The molecule has 19 heavy (non-hydrogen) atoms. The van der Waals surface area contributed by atoms with Gasteiger partial charge in [0.05, 0.1) is 36.9 Å². The van der Waals surface area contributed by atoms with Gasteiger partial charge in [-0.3, -0.25) is 0 Å². The van der Waals surface area contributed by atoms with Crippen molar-refractivity contribution in [2.75, 3.05) is 24.6 Å². The molecule has 106 valence electrons. The van der Waals surface area contributed by atoms with Gasteiger partial charge in [0.2, 0.25) is 0 Å². The van der Waals surface area contributed by atoms with Crippen molar-refractivity contribution in [1.29, 1.82) is 0 Å². The normalized spacial score (nSPS) is 20.1. The molecule has 5 nitrogen and oxygen atoms in total. The van der Waals surface area contributed by atoms with Crippen LogP contribution in [0.3, 0.4) is 0 Å². The van der Waals surface area contributed by atoms with Crippen LogP contribution in [0.25, 0.3) is 0 Å². The van der Waals surface area contributed by atoms with E-state index in [1.54, 1.807) is 0 Å². The van der Waals surface area contributed by atoms with Crippen molar-refractivity contribution in [3.05, 3.63) is 17.7 Å². The van der Waals surface area contributed by atoms with Gasteiger partial charge in [-0.25, -0.2) is 9.97 Å². The summed E-state index contributed by atoms with van der Waals surface area (Å²) in [6, 6.07) is 0. The topological polar surface area (TPSA) is 58.5 Å². The molecule has 2 rings (SSSR count). The number of nitrogens with zero attached hydrogens (tertiary/aromatic N) is 3. The Morgan fingerprint density at radius 3 is 2.95 bits per heavy atom. The predicted molar refractivity (Wildman–Crippen MR) is 74.3 cm³/mol. The van der Waals surface area contributed by atoms with Crippen LogP contribution < -0.4 is 4.90 Å². The fourth-order valence-corrected chi connectivity index (χ4v) is 2.27. The molecule has 0 aromatic carbocycles.